The quantitative estimate of drug-likeness (QED) is 0.647. The van der Waals surface area contributed by atoms with Crippen molar-refractivity contribution in [2.45, 2.75) is 26.7 Å². The average Bonchev–Trinajstić information content (AvgIpc) is 2.37. The van der Waals surface area contributed by atoms with Crippen molar-refractivity contribution in [3.63, 3.8) is 0 Å². The number of piperidine rings is 1. The van der Waals surface area contributed by atoms with Crippen LogP contribution in [0.25, 0.3) is 0 Å². The zero-order valence-corrected chi connectivity index (χ0v) is 11.5. The molecule has 1 aliphatic rings. The number of hydrogen-bond acceptors (Lipinski definition) is 4. The molecule has 5 nitrogen and oxygen atoms in total. The fourth-order valence-electron chi connectivity index (χ4n) is 2.49. The van der Waals surface area contributed by atoms with Gasteiger partial charge in [-0.15, -0.1) is 0 Å². The monoisotopic (exact) mass is 263 g/mol. The van der Waals surface area contributed by atoms with E-state index in [9.17, 15) is 10.1 Å². The van der Waals surface area contributed by atoms with Crippen LogP contribution in [0.2, 0.25) is 0 Å². The summed E-state index contributed by atoms with van der Waals surface area (Å²) in [4.78, 5) is 10.5. The van der Waals surface area contributed by atoms with E-state index in [1.54, 1.807) is 12.1 Å². The smallest absolute Gasteiger partial charge is 0.271 e. The van der Waals surface area contributed by atoms with Gasteiger partial charge in [-0.25, -0.2) is 0 Å². The van der Waals surface area contributed by atoms with Crippen LogP contribution in [0.4, 0.5) is 11.4 Å². The van der Waals surface area contributed by atoms with E-state index in [0.717, 1.165) is 43.7 Å². The van der Waals surface area contributed by atoms with Gasteiger partial charge in [0, 0.05) is 24.4 Å². The van der Waals surface area contributed by atoms with Crippen LogP contribution in [0.15, 0.2) is 18.2 Å². The predicted octanol–water partition coefficient (Wildman–Crippen LogP) is 2.70. The first kappa shape index (κ1) is 13.8. The Morgan fingerprint density at radius 3 is 2.68 bits per heavy atom. The van der Waals surface area contributed by atoms with Crippen molar-refractivity contribution in [2.24, 2.45) is 5.41 Å². The van der Waals surface area contributed by atoms with Crippen molar-refractivity contribution in [3.8, 4) is 0 Å². The Labute approximate surface area is 113 Å². The zero-order chi connectivity index (χ0) is 13.9. The number of aryl methyl sites for hydroxylation is 1. The summed E-state index contributed by atoms with van der Waals surface area (Å²) in [6.07, 6.45) is 2.27. The second kappa shape index (κ2) is 5.57. The number of benzene rings is 1. The zero-order valence-electron chi connectivity index (χ0n) is 11.5. The summed E-state index contributed by atoms with van der Waals surface area (Å²) in [5, 5.41) is 17.6. The number of nitrogens with zero attached hydrogens (tertiary/aromatic N) is 1. The molecule has 2 rings (SSSR count). The van der Waals surface area contributed by atoms with Gasteiger partial charge in [-0.2, -0.15) is 0 Å². The largest absolute Gasteiger partial charge is 0.384 e. The highest BCUT2D eigenvalue weighted by Gasteiger charge is 2.26. The molecule has 0 spiro atoms. The standard InChI is InChI=1S/C14H21N3O2/c1-11-7-12(9-13(8-11)17(18)19)16-10-14(2)3-5-15-6-4-14/h7-9,15-16H,3-6,10H2,1-2H3. The van der Waals surface area contributed by atoms with E-state index < -0.39 is 0 Å². The van der Waals surface area contributed by atoms with E-state index in [0.29, 0.717) is 0 Å². The Bertz CT molecular complexity index is 468. The van der Waals surface area contributed by atoms with Crippen LogP contribution in [0.1, 0.15) is 25.3 Å². The fourth-order valence-corrected chi connectivity index (χ4v) is 2.49. The molecular weight excluding hydrogens is 242 g/mol. The minimum absolute atomic E-state index is 0.151. The molecule has 5 heteroatoms. The van der Waals surface area contributed by atoms with Crippen LogP contribution >= 0.6 is 0 Å². The number of rotatable bonds is 4. The molecule has 1 fully saturated rings. The summed E-state index contributed by atoms with van der Waals surface area (Å²) in [5.41, 5.74) is 2.17. The van der Waals surface area contributed by atoms with Gasteiger partial charge in [-0.1, -0.05) is 6.92 Å². The van der Waals surface area contributed by atoms with Crippen molar-refractivity contribution in [1.82, 2.24) is 5.32 Å². The van der Waals surface area contributed by atoms with Crippen molar-refractivity contribution in [1.29, 1.82) is 0 Å². The Morgan fingerprint density at radius 2 is 2.05 bits per heavy atom. The number of nitro benzene ring substituents is 1. The Hall–Kier alpha value is -1.62. The second-order valence-corrected chi connectivity index (χ2v) is 5.73. The number of nitro groups is 1. The maximum Gasteiger partial charge on any atom is 0.271 e. The summed E-state index contributed by atoms with van der Waals surface area (Å²) >= 11 is 0. The Morgan fingerprint density at radius 1 is 1.37 bits per heavy atom. The first-order chi connectivity index (χ1) is 8.98. The predicted molar refractivity (Wildman–Crippen MR) is 76.5 cm³/mol. The molecule has 2 N–H and O–H groups in total. The highest BCUT2D eigenvalue weighted by Crippen LogP contribution is 2.29. The third-order valence-electron chi connectivity index (χ3n) is 3.80. The number of non-ortho nitro benzene ring substituents is 1. The van der Waals surface area contributed by atoms with Gasteiger partial charge in [0.05, 0.1) is 4.92 Å². The SMILES string of the molecule is Cc1cc(NCC2(C)CCNCC2)cc([N+](=O)[O-])c1. The minimum atomic E-state index is -0.343. The molecule has 1 saturated heterocycles. The van der Waals surface area contributed by atoms with E-state index >= 15 is 0 Å². The van der Waals surface area contributed by atoms with Crippen molar-refractivity contribution >= 4 is 11.4 Å². The van der Waals surface area contributed by atoms with Crippen molar-refractivity contribution < 1.29 is 4.92 Å². The highest BCUT2D eigenvalue weighted by atomic mass is 16.6. The highest BCUT2D eigenvalue weighted by molar-refractivity contribution is 5.53. The maximum atomic E-state index is 10.8. The molecule has 0 saturated carbocycles. The topological polar surface area (TPSA) is 67.2 Å². The molecule has 0 bridgehead atoms. The number of nitrogens with one attached hydrogen (secondary N) is 2. The third kappa shape index (κ3) is 3.67. The lowest BCUT2D eigenvalue weighted by Crippen LogP contribution is -2.39. The van der Waals surface area contributed by atoms with Crippen LogP contribution < -0.4 is 10.6 Å². The molecule has 0 aliphatic carbocycles. The van der Waals surface area contributed by atoms with Crippen LogP contribution in [0, 0.1) is 22.5 Å². The van der Waals surface area contributed by atoms with Gasteiger partial charge in [-0.05, 0) is 49.9 Å². The lowest BCUT2D eigenvalue weighted by atomic mass is 9.81. The Kier molecular flexibility index (Phi) is 4.04. The number of anilines is 1. The van der Waals surface area contributed by atoms with E-state index in [-0.39, 0.29) is 16.0 Å². The molecule has 1 aliphatic heterocycles. The lowest BCUT2D eigenvalue weighted by Gasteiger charge is -2.34. The maximum absolute atomic E-state index is 10.8. The lowest BCUT2D eigenvalue weighted by molar-refractivity contribution is -0.384. The molecule has 104 valence electrons. The van der Waals surface area contributed by atoms with Crippen molar-refractivity contribution in [2.75, 3.05) is 25.0 Å². The van der Waals surface area contributed by atoms with Gasteiger partial charge in [0.15, 0.2) is 0 Å². The van der Waals surface area contributed by atoms with E-state index in [4.69, 9.17) is 0 Å². The minimum Gasteiger partial charge on any atom is -0.384 e. The molecule has 0 radical (unpaired) electrons. The fraction of sp³-hybridized carbons (Fsp3) is 0.571. The van der Waals surface area contributed by atoms with Gasteiger partial charge in [-0.3, -0.25) is 10.1 Å². The van der Waals surface area contributed by atoms with Gasteiger partial charge < -0.3 is 10.6 Å². The van der Waals surface area contributed by atoms with Gasteiger partial charge in [0.25, 0.3) is 5.69 Å². The average molecular weight is 263 g/mol. The van der Waals surface area contributed by atoms with E-state index in [2.05, 4.69) is 17.6 Å². The molecule has 1 aromatic rings. The first-order valence-electron chi connectivity index (χ1n) is 6.69. The van der Waals surface area contributed by atoms with Gasteiger partial charge in [0.1, 0.15) is 0 Å². The third-order valence-corrected chi connectivity index (χ3v) is 3.80. The van der Waals surface area contributed by atoms with Gasteiger partial charge in [0.2, 0.25) is 0 Å². The molecule has 0 unspecified atom stereocenters. The van der Waals surface area contributed by atoms with Crippen molar-refractivity contribution in [3.05, 3.63) is 33.9 Å². The molecule has 1 aromatic carbocycles. The molecule has 19 heavy (non-hydrogen) atoms. The summed E-state index contributed by atoms with van der Waals surface area (Å²) < 4.78 is 0. The normalized spacial score (nSPS) is 18.0. The molecule has 0 atom stereocenters. The van der Waals surface area contributed by atoms with Crippen LogP contribution in [0.3, 0.4) is 0 Å². The summed E-state index contributed by atoms with van der Waals surface area (Å²) in [6, 6.07) is 5.16. The molecule has 0 aromatic heterocycles. The van der Waals surface area contributed by atoms with Gasteiger partial charge >= 0.3 is 0 Å². The van der Waals surface area contributed by atoms with Crippen LogP contribution in [-0.4, -0.2) is 24.6 Å². The van der Waals surface area contributed by atoms with E-state index in [1.165, 1.54) is 0 Å². The number of hydrogen-bond donors (Lipinski definition) is 2. The molecule has 0 amide bonds. The van der Waals surface area contributed by atoms with Crippen LogP contribution in [0.5, 0.6) is 0 Å². The first-order valence-corrected chi connectivity index (χ1v) is 6.69. The summed E-state index contributed by atoms with van der Waals surface area (Å²) in [7, 11) is 0. The second-order valence-electron chi connectivity index (χ2n) is 5.73. The van der Waals surface area contributed by atoms with Crippen LogP contribution in [-0.2, 0) is 0 Å². The molecular formula is C14H21N3O2. The Balaban J connectivity index is 2.04. The summed E-state index contributed by atoms with van der Waals surface area (Å²) in [6.45, 7) is 7.10. The van der Waals surface area contributed by atoms with E-state index in [1.807, 2.05) is 13.0 Å². The molecule has 1 heterocycles. The summed E-state index contributed by atoms with van der Waals surface area (Å²) in [5.74, 6) is 0.